The van der Waals surface area contributed by atoms with E-state index in [0.717, 1.165) is 19.4 Å². The molecule has 0 aliphatic heterocycles. The number of nitrogens with one attached hydrogen (secondary N) is 1. The summed E-state index contributed by atoms with van der Waals surface area (Å²) in [5, 5.41) is 16.6. The van der Waals surface area contributed by atoms with Gasteiger partial charge < -0.3 is 10.4 Å². The molecule has 2 N–H and O–H groups in total. The molecule has 1 rings (SSSR count). The van der Waals surface area contributed by atoms with Gasteiger partial charge in [0, 0.05) is 44.6 Å². The molecule has 0 bridgehead atoms. The second-order valence-electron chi connectivity index (χ2n) is 4.51. The van der Waals surface area contributed by atoms with Crippen molar-refractivity contribution >= 4 is 0 Å². The molecular weight excluding hydrogens is 202 g/mol. The molecule has 1 aromatic rings. The molecule has 1 unspecified atom stereocenters. The van der Waals surface area contributed by atoms with Crippen LogP contribution in [-0.2, 0) is 13.5 Å². The molecule has 0 fully saturated rings. The molecule has 0 aliphatic rings. The summed E-state index contributed by atoms with van der Waals surface area (Å²) in [6, 6.07) is 2.44. The zero-order chi connectivity index (χ0) is 12.0. The fourth-order valence-corrected chi connectivity index (χ4v) is 1.84. The minimum Gasteiger partial charge on any atom is -0.396 e. The molecule has 0 saturated carbocycles. The topological polar surface area (TPSA) is 50.1 Å². The fraction of sp³-hybridized carbons (Fsp3) is 0.750. The van der Waals surface area contributed by atoms with Gasteiger partial charge >= 0.3 is 0 Å². The Bertz CT molecular complexity index is 296. The van der Waals surface area contributed by atoms with Crippen LogP contribution in [0.1, 0.15) is 26.0 Å². The first-order chi connectivity index (χ1) is 7.65. The maximum absolute atomic E-state index is 8.96. The Labute approximate surface area is 97.7 Å². The molecule has 1 atom stereocenters. The Balaban J connectivity index is 2.30. The lowest BCUT2D eigenvalue weighted by Gasteiger charge is -2.21. The highest BCUT2D eigenvalue weighted by molar-refractivity contribution is 5.00. The highest BCUT2D eigenvalue weighted by atomic mass is 16.3. The predicted molar refractivity (Wildman–Crippen MR) is 65.2 cm³/mol. The van der Waals surface area contributed by atoms with E-state index in [-0.39, 0.29) is 6.61 Å². The number of aryl methyl sites for hydroxylation is 1. The van der Waals surface area contributed by atoms with E-state index in [4.69, 9.17) is 5.11 Å². The second-order valence-corrected chi connectivity index (χ2v) is 4.51. The van der Waals surface area contributed by atoms with Gasteiger partial charge in [-0.2, -0.15) is 5.10 Å². The van der Waals surface area contributed by atoms with E-state index >= 15 is 0 Å². The van der Waals surface area contributed by atoms with E-state index in [9.17, 15) is 0 Å². The summed E-state index contributed by atoms with van der Waals surface area (Å²) < 4.78 is 1.90. The SMILES string of the molecule is CC(C)C(CCO)NCCc1ccnn1C. The third-order valence-corrected chi connectivity index (χ3v) is 2.95. The standard InChI is InChI=1S/C12H23N3O/c1-10(2)12(6-9-16)13-7-4-11-5-8-14-15(11)3/h5,8,10,12-13,16H,4,6-7,9H2,1-3H3. The van der Waals surface area contributed by atoms with Crippen molar-refractivity contribution in [1.29, 1.82) is 0 Å². The summed E-state index contributed by atoms with van der Waals surface area (Å²) in [6.07, 6.45) is 3.62. The first kappa shape index (κ1) is 13.2. The quantitative estimate of drug-likeness (QED) is 0.726. The lowest BCUT2D eigenvalue weighted by Crippen LogP contribution is -2.36. The Morgan fingerprint density at radius 1 is 1.50 bits per heavy atom. The van der Waals surface area contributed by atoms with Gasteiger partial charge in [-0.05, 0) is 18.4 Å². The van der Waals surface area contributed by atoms with Gasteiger partial charge in [-0.3, -0.25) is 4.68 Å². The monoisotopic (exact) mass is 225 g/mol. The number of hydrogen-bond donors (Lipinski definition) is 2. The van der Waals surface area contributed by atoms with Crippen LogP contribution in [0.15, 0.2) is 12.3 Å². The summed E-state index contributed by atoms with van der Waals surface area (Å²) in [5.41, 5.74) is 1.24. The molecule has 0 aromatic carbocycles. The molecule has 0 aliphatic carbocycles. The minimum absolute atomic E-state index is 0.252. The molecule has 0 amide bonds. The Hall–Kier alpha value is -0.870. The molecule has 0 spiro atoms. The van der Waals surface area contributed by atoms with Crippen molar-refractivity contribution in [2.45, 2.75) is 32.7 Å². The summed E-state index contributed by atoms with van der Waals surface area (Å²) in [7, 11) is 1.96. The third-order valence-electron chi connectivity index (χ3n) is 2.95. The average molecular weight is 225 g/mol. The van der Waals surface area contributed by atoms with Crippen molar-refractivity contribution in [1.82, 2.24) is 15.1 Å². The van der Waals surface area contributed by atoms with Crippen LogP contribution >= 0.6 is 0 Å². The molecule has 1 heterocycles. The van der Waals surface area contributed by atoms with Crippen molar-refractivity contribution in [3.8, 4) is 0 Å². The van der Waals surface area contributed by atoms with Crippen molar-refractivity contribution in [2.24, 2.45) is 13.0 Å². The number of hydrogen-bond acceptors (Lipinski definition) is 3. The van der Waals surface area contributed by atoms with E-state index in [2.05, 4.69) is 24.3 Å². The van der Waals surface area contributed by atoms with Crippen LogP contribution in [0.5, 0.6) is 0 Å². The maximum atomic E-state index is 8.96. The van der Waals surface area contributed by atoms with E-state index < -0.39 is 0 Å². The molecule has 4 nitrogen and oxygen atoms in total. The van der Waals surface area contributed by atoms with E-state index in [0.29, 0.717) is 12.0 Å². The average Bonchev–Trinajstić information content (AvgIpc) is 2.63. The molecule has 1 aromatic heterocycles. The van der Waals surface area contributed by atoms with E-state index in [1.807, 2.05) is 24.0 Å². The minimum atomic E-state index is 0.252. The summed E-state index contributed by atoms with van der Waals surface area (Å²) in [5.74, 6) is 0.554. The number of aromatic nitrogens is 2. The van der Waals surface area contributed by atoms with E-state index in [1.54, 1.807) is 0 Å². The predicted octanol–water partition coefficient (Wildman–Crippen LogP) is 0.959. The van der Waals surface area contributed by atoms with Gasteiger partial charge in [0.25, 0.3) is 0 Å². The molecule has 0 saturated heterocycles. The summed E-state index contributed by atoms with van der Waals surface area (Å²) in [4.78, 5) is 0. The van der Waals surface area contributed by atoms with Gasteiger partial charge in [-0.25, -0.2) is 0 Å². The first-order valence-corrected chi connectivity index (χ1v) is 5.96. The van der Waals surface area contributed by atoms with Gasteiger partial charge in [0.2, 0.25) is 0 Å². The second kappa shape index (κ2) is 6.66. The Morgan fingerprint density at radius 3 is 2.75 bits per heavy atom. The van der Waals surface area contributed by atoms with Crippen LogP contribution in [-0.4, -0.2) is 34.1 Å². The number of aliphatic hydroxyl groups excluding tert-OH is 1. The van der Waals surface area contributed by atoms with Crippen LogP contribution in [0.25, 0.3) is 0 Å². The van der Waals surface area contributed by atoms with Crippen LogP contribution in [0, 0.1) is 5.92 Å². The van der Waals surface area contributed by atoms with Crippen molar-refractivity contribution < 1.29 is 5.11 Å². The Kier molecular flexibility index (Phi) is 5.49. The zero-order valence-corrected chi connectivity index (χ0v) is 10.5. The molecular formula is C12H23N3O. The van der Waals surface area contributed by atoms with Gasteiger partial charge in [0.15, 0.2) is 0 Å². The highest BCUT2D eigenvalue weighted by Gasteiger charge is 2.11. The van der Waals surface area contributed by atoms with Crippen LogP contribution in [0.4, 0.5) is 0 Å². The normalized spacial score (nSPS) is 13.3. The molecule has 4 heteroatoms. The lowest BCUT2D eigenvalue weighted by molar-refractivity contribution is 0.245. The number of rotatable bonds is 7. The zero-order valence-electron chi connectivity index (χ0n) is 10.5. The third kappa shape index (κ3) is 3.94. The largest absolute Gasteiger partial charge is 0.396 e. The summed E-state index contributed by atoms with van der Waals surface area (Å²) >= 11 is 0. The maximum Gasteiger partial charge on any atom is 0.0492 e. The molecule has 16 heavy (non-hydrogen) atoms. The van der Waals surface area contributed by atoms with Gasteiger partial charge in [-0.1, -0.05) is 13.8 Å². The first-order valence-electron chi connectivity index (χ1n) is 5.96. The van der Waals surface area contributed by atoms with Crippen LogP contribution in [0.3, 0.4) is 0 Å². The van der Waals surface area contributed by atoms with Crippen molar-refractivity contribution in [3.63, 3.8) is 0 Å². The molecule has 92 valence electrons. The Morgan fingerprint density at radius 2 is 2.25 bits per heavy atom. The van der Waals surface area contributed by atoms with Gasteiger partial charge in [0.1, 0.15) is 0 Å². The number of nitrogens with zero attached hydrogens (tertiary/aromatic N) is 2. The number of aliphatic hydroxyl groups is 1. The van der Waals surface area contributed by atoms with Crippen LogP contribution in [0.2, 0.25) is 0 Å². The van der Waals surface area contributed by atoms with Crippen molar-refractivity contribution in [3.05, 3.63) is 18.0 Å². The summed E-state index contributed by atoms with van der Waals surface area (Å²) in [6.45, 7) is 5.54. The smallest absolute Gasteiger partial charge is 0.0492 e. The highest BCUT2D eigenvalue weighted by Crippen LogP contribution is 2.05. The van der Waals surface area contributed by atoms with E-state index in [1.165, 1.54) is 5.69 Å². The van der Waals surface area contributed by atoms with Crippen molar-refractivity contribution in [2.75, 3.05) is 13.2 Å². The lowest BCUT2D eigenvalue weighted by atomic mass is 10.0. The van der Waals surface area contributed by atoms with Gasteiger partial charge in [0.05, 0.1) is 0 Å². The van der Waals surface area contributed by atoms with Crippen LogP contribution < -0.4 is 5.32 Å². The van der Waals surface area contributed by atoms with Gasteiger partial charge in [-0.15, -0.1) is 0 Å². The fourth-order valence-electron chi connectivity index (χ4n) is 1.84. The molecule has 0 radical (unpaired) electrons.